The van der Waals surface area contributed by atoms with Gasteiger partial charge in [-0.15, -0.1) is 0 Å². The second-order valence-electron chi connectivity index (χ2n) is 3.89. The smallest absolute Gasteiger partial charge is 0.285 e. The molecule has 1 aromatic rings. The van der Waals surface area contributed by atoms with Gasteiger partial charge in [-0.3, -0.25) is 14.9 Å². The fraction of sp³-hybridized carbons (Fsp3) is 0. The Morgan fingerprint density at radius 3 is 2.33 bits per heavy atom. The Labute approximate surface area is 123 Å². The molecular formula is C15H14BN2O3. The Morgan fingerprint density at radius 1 is 1.19 bits per heavy atom. The predicted molar refractivity (Wildman–Crippen MR) is 83.5 cm³/mol. The van der Waals surface area contributed by atoms with Gasteiger partial charge in [0.15, 0.2) is 0 Å². The molecule has 1 aromatic carbocycles. The van der Waals surface area contributed by atoms with Crippen LogP contribution in [0.1, 0.15) is 0 Å². The Morgan fingerprint density at radius 2 is 1.81 bits per heavy atom. The van der Waals surface area contributed by atoms with Crippen molar-refractivity contribution in [1.82, 2.24) is 5.23 Å². The lowest BCUT2D eigenvalue weighted by Gasteiger charge is -2.06. The van der Waals surface area contributed by atoms with E-state index in [9.17, 15) is 14.9 Å². The highest BCUT2D eigenvalue weighted by atomic mass is 16.6. The molecule has 0 aliphatic rings. The molecule has 0 unspecified atom stereocenters. The standard InChI is InChI=1S/C15H14BN2O3/c1-3-8-13(14(9-4-2)18(20)21)15(19)17-16-12-10-6-5-7-11-12/h3-11H,1-2H2,(H,17,19)/b13-8+,14-9+. The van der Waals surface area contributed by atoms with Crippen molar-refractivity contribution in [3.63, 3.8) is 0 Å². The molecule has 1 amide bonds. The van der Waals surface area contributed by atoms with E-state index < -0.39 is 10.8 Å². The van der Waals surface area contributed by atoms with E-state index in [0.717, 1.165) is 11.5 Å². The predicted octanol–water partition coefficient (Wildman–Crippen LogP) is 1.51. The van der Waals surface area contributed by atoms with E-state index >= 15 is 0 Å². The van der Waals surface area contributed by atoms with Crippen molar-refractivity contribution >= 4 is 18.8 Å². The van der Waals surface area contributed by atoms with Crippen LogP contribution in [0.5, 0.6) is 0 Å². The number of carbonyl (C=O) groups excluding carboxylic acids is 1. The molecule has 0 aromatic heterocycles. The van der Waals surface area contributed by atoms with E-state index in [-0.39, 0.29) is 11.3 Å². The van der Waals surface area contributed by atoms with Crippen molar-refractivity contribution in [3.05, 3.63) is 89.2 Å². The van der Waals surface area contributed by atoms with E-state index in [2.05, 4.69) is 18.4 Å². The third kappa shape index (κ3) is 4.95. The van der Waals surface area contributed by atoms with Gasteiger partial charge in [0.2, 0.25) is 5.91 Å². The van der Waals surface area contributed by atoms with Gasteiger partial charge >= 0.3 is 0 Å². The van der Waals surface area contributed by atoms with Gasteiger partial charge in [-0.1, -0.05) is 61.1 Å². The van der Waals surface area contributed by atoms with E-state index in [4.69, 9.17) is 0 Å². The third-order valence-corrected chi connectivity index (χ3v) is 2.45. The molecule has 1 rings (SSSR count). The van der Waals surface area contributed by atoms with Crippen LogP contribution < -0.4 is 10.7 Å². The van der Waals surface area contributed by atoms with Crippen LogP contribution in [0.3, 0.4) is 0 Å². The van der Waals surface area contributed by atoms with Crippen molar-refractivity contribution in [1.29, 1.82) is 0 Å². The van der Waals surface area contributed by atoms with Crippen LogP contribution in [0.4, 0.5) is 0 Å². The number of amides is 1. The third-order valence-electron chi connectivity index (χ3n) is 2.45. The van der Waals surface area contributed by atoms with Gasteiger partial charge < -0.3 is 5.23 Å². The summed E-state index contributed by atoms with van der Waals surface area (Å²) in [6, 6.07) is 9.08. The second-order valence-corrected chi connectivity index (χ2v) is 3.89. The van der Waals surface area contributed by atoms with Crippen LogP contribution >= 0.6 is 0 Å². The molecule has 5 nitrogen and oxygen atoms in total. The van der Waals surface area contributed by atoms with Crippen molar-refractivity contribution in [2.24, 2.45) is 0 Å². The molecule has 0 aliphatic carbocycles. The number of hydrogen-bond acceptors (Lipinski definition) is 3. The van der Waals surface area contributed by atoms with Crippen molar-refractivity contribution in [3.8, 4) is 0 Å². The Kier molecular flexibility index (Phi) is 6.41. The molecule has 21 heavy (non-hydrogen) atoms. The summed E-state index contributed by atoms with van der Waals surface area (Å²) in [5.41, 5.74) is 0.338. The van der Waals surface area contributed by atoms with Gasteiger partial charge in [-0.05, 0) is 6.08 Å². The molecule has 0 saturated carbocycles. The number of nitrogens with zero attached hydrogens (tertiary/aromatic N) is 1. The molecular weight excluding hydrogens is 267 g/mol. The van der Waals surface area contributed by atoms with Gasteiger partial charge in [0.05, 0.1) is 4.92 Å². The van der Waals surface area contributed by atoms with Crippen LogP contribution in [-0.2, 0) is 4.79 Å². The summed E-state index contributed by atoms with van der Waals surface area (Å²) in [5, 5.41) is 13.5. The van der Waals surface area contributed by atoms with E-state index in [1.54, 1.807) is 12.1 Å². The van der Waals surface area contributed by atoms with Crippen molar-refractivity contribution in [2.45, 2.75) is 0 Å². The maximum atomic E-state index is 12.1. The topological polar surface area (TPSA) is 72.2 Å². The van der Waals surface area contributed by atoms with Crippen LogP contribution in [0.2, 0.25) is 0 Å². The summed E-state index contributed by atoms with van der Waals surface area (Å²) < 4.78 is 0. The monoisotopic (exact) mass is 281 g/mol. The molecule has 6 heteroatoms. The normalized spacial score (nSPS) is 11.4. The zero-order valence-electron chi connectivity index (χ0n) is 11.4. The second kappa shape index (κ2) is 8.32. The molecule has 0 spiro atoms. The molecule has 0 heterocycles. The first-order valence-electron chi connectivity index (χ1n) is 6.09. The summed E-state index contributed by atoms with van der Waals surface area (Å²) in [4.78, 5) is 22.5. The first kappa shape index (κ1) is 16.2. The lowest BCUT2D eigenvalue weighted by atomic mass is 9.82. The quantitative estimate of drug-likeness (QED) is 0.271. The molecule has 0 atom stereocenters. The Bertz CT molecular complexity index is 607. The average Bonchev–Trinajstić information content (AvgIpc) is 2.49. The number of carbonyl (C=O) groups is 1. The zero-order valence-corrected chi connectivity index (χ0v) is 11.4. The van der Waals surface area contributed by atoms with Gasteiger partial charge in [-0.2, -0.15) is 0 Å². The minimum atomic E-state index is -0.640. The Hall–Kier alpha value is -2.89. The maximum absolute atomic E-state index is 12.1. The zero-order chi connectivity index (χ0) is 15.7. The Balaban J connectivity index is 2.91. The molecule has 0 aliphatic heterocycles. The number of allylic oxidation sites excluding steroid dienone is 4. The van der Waals surface area contributed by atoms with Crippen molar-refractivity contribution < 1.29 is 9.72 Å². The van der Waals surface area contributed by atoms with Crippen LogP contribution in [0.15, 0.2) is 79.1 Å². The highest BCUT2D eigenvalue weighted by Gasteiger charge is 2.22. The SMILES string of the molecule is C=C/C=C(C(=O)N[B]c1ccccc1)\C(=C/C=C)[N+](=O)[O-]. The lowest BCUT2D eigenvalue weighted by molar-refractivity contribution is -0.420. The molecule has 0 saturated heterocycles. The highest BCUT2D eigenvalue weighted by molar-refractivity contribution is 6.54. The van der Waals surface area contributed by atoms with Gasteiger partial charge in [0, 0.05) is 6.08 Å². The van der Waals surface area contributed by atoms with Crippen LogP contribution in [0.25, 0.3) is 0 Å². The summed E-state index contributed by atoms with van der Waals surface area (Å²) in [6.07, 6.45) is 5.02. The highest BCUT2D eigenvalue weighted by Crippen LogP contribution is 2.11. The van der Waals surface area contributed by atoms with E-state index in [1.807, 2.05) is 18.2 Å². The first-order chi connectivity index (χ1) is 10.1. The summed E-state index contributed by atoms with van der Waals surface area (Å²) in [5.74, 6) is -0.594. The minimum Gasteiger partial charge on any atom is -0.394 e. The maximum Gasteiger partial charge on any atom is 0.285 e. The lowest BCUT2D eigenvalue weighted by Crippen LogP contribution is -2.37. The molecule has 105 valence electrons. The number of benzene rings is 1. The van der Waals surface area contributed by atoms with Crippen LogP contribution in [0, 0.1) is 10.1 Å². The van der Waals surface area contributed by atoms with Gasteiger partial charge in [-0.25, -0.2) is 0 Å². The van der Waals surface area contributed by atoms with Gasteiger partial charge in [0.1, 0.15) is 5.57 Å². The van der Waals surface area contributed by atoms with Crippen LogP contribution in [-0.4, -0.2) is 18.2 Å². The van der Waals surface area contributed by atoms with E-state index in [1.165, 1.54) is 25.6 Å². The molecule has 0 fully saturated rings. The number of hydrogen-bond donors (Lipinski definition) is 1. The summed E-state index contributed by atoms with van der Waals surface area (Å²) in [7, 11) is 1.48. The molecule has 1 radical (unpaired) electrons. The molecule has 1 N–H and O–H groups in total. The minimum absolute atomic E-state index is 0.0953. The summed E-state index contributed by atoms with van der Waals surface area (Å²) in [6.45, 7) is 6.87. The van der Waals surface area contributed by atoms with Gasteiger partial charge in [0.25, 0.3) is 13.1 Å². The fourth-order valence-corrected chi connectivity index (χ4v) is 1.53. The number of nitrogens with one attached hydrogen (secondary N) is 1. The fourth-order valence-electron chi connectivity index (χ4n) is 1.53. The summed E-state index contributed by atoms with van der Waals surface area (Å²) >= 11 is 0. The number of nitro groups is 1. The molecule has 0 bridgehead atoms. The van der Waals surface area contributed by atoms with E-state index in [0.29, 0.717) is 0 Å². The van der Waals surface area contributed by atoms with Crippen molar-refractivity contribution in [2.75, 3.05) is 0 Å². The largest absolute Gasteiger partial charge is 0.394 e. The first-order valence-corrected chi connectivity index (χ1v) is 6.09. The average molecular weight is 281 g/mol. The number of rotatable bonds is 7.